The summed E-state index contributed by atoms with van der Waals surface area (Å²) in [5.41, 5.74) is 0. The molecule has 0 atom stereocenters. The van der Waals surface area contributed by atoms with E-state index >= 15 is 0 Å². The molecule has 0 bridgehead atoms. The second-order valence-electron chi connectivity index (χ2n) is 0. The van der Waals surface area contributed by atoms with Crippen molar-refractivity contribution >= 4 is 10.1 Å². The predicted molar refractivity (Wildman–Crippen MR) is 15.7 cm³/mol. The van der Waals surface area contributed by atoms with Gasteiger partial charge in [0.25, 0.3) is 0 Å². The molecule has 3 heteroatoms. The SMILES string of the molecule is [Be+2].[C-]#N.[C-]#N. The summed E-state index contributed by atoms with van der Waals surface area (Å²) in [6.45, 7) is 9.50. The van der Waals surface area contributed by atoms with Gasteiger partial charge in [-0.1, -0.05) is 0 Å². The van der Waals surface area contributed by atoms with Crippen molar-refractivity contribution in [1.82, 2.24) is 0 Å². The van der Waals surface area contributed by atoms with Crippen LogP contribution in [0.3, 0.4) is 0 Å². The van der Waals surface area contributed by atoms with Gasteiger partial charge in [0.15, 0.2) is 0 Å². The van der Waals surface area contributed by atoms with Crippen molar-refractivity contribution < 1.29 is 0 Å². The van der Waals surface area contributed by atoms with Crippen LogP contribution in [0.2, 0.25) is 0 Å². The van der Waals surface area contributed by atoms with Gasteiger partial charge in [0, 0.05) is 0 Å². The first kappa shape index (κ1) is 31.2. The van der Waals surface area contributed by atoms with Crippen LogP contribution in [-0.2, 0) is 0 Å². The average molecular weight is 61.0 g/mol. The van der Waals surface area contributed by atoms with Crippen LogP contribution in [0, 0.1) is 23.7 Å². The zero-order valence-electron chi connectivity index (χ0n) is 2.60. The van der Waals surface area contributed by atoms with Crippen LogP contribution in [0.15, 0.2) is 0 Å². The minimum absolute atomic E-state index is 0. The van der Waals surface area contributed by atoms with Gasteiger partial charge >= 0.3 is 10.1 Å². The van der Waals surface area contributed by atoms with Crippen molar-refractivity contribution in [1.29, 1.82) is 10.5 Å². The largest absolute Gasteiger partial charge is 2.00 e. The number of hydrogen-bond acceptors (Lipinski definition) is 2. The van der Waals surface area contributed by atoms with E-state index < -0.39 is 0 Å². The first-order valence-corrected chi connectivity index (χ1v) is 0.447. The topological polar surface area (TPSA) is 47.6 Å². The van der Waals surface area contributed by atoms with E-state index in [-0.39, 0.29) is 10.1 Å². The number of nitrogens with zero attached hydrogens (tertiary/aromatic N) is 2. The molecular formula is C2BeN2. The monoisotopic (exact) mass is 61.0 g/mol. The summed E-state index contributed by atoms with van der Waals surface area (Å²) in [5, 5.41) is 12.5. The molecule has 20 valence electrons. The Labute approximate surface area is 34.9 Å². The third kappa shape index (κ3) is 5.74. The first-order chi connectivity index (χ1) is 2.00. The van der Waals surface area contributed by atoms with Gasteiger partial charge in [0.05, 0.1) is 0 Å². The molecule has 0 fully saturated rings. The third-order valence-corrected chi connectivity index (χ3v) is 0. The van der Waals surface area contributed by atoms with Gasteiger partial charge in [-0.25, -0.2) is 0 Å². The molecule has 0 aromatic carbocycles. The Hall–Kier alpha value is -0.851. The predicted octanol–water partition coefficient (Wildman–Crippen LogP) is -0.188. The van der Waals surface area contributed by atoms with Crippen molar-refractivity contribution in [2.75, 3.05) is 0 Å². The Bertz CT molecular complexity index is 23.1. The summed E-state index contributed by atoms with van der Waals surface area (Å²) < 4.78 is 0. The molecule has 0 spiro atoms. The van der Waals surface area contributed by atoms with Crippen molar-refractivity contribution in [3.63, 3.8) is 0 Å². The van der Waals surface area contributed by atoms with E-state index in [2.05, 4.69) is 0 Å². The molecule has 0 saturated heterocycles. The van der Waals surface area contributed by atoms with Crippen LogP contribution < -0.4 is 0 Å². The third-order valence-electron chi connectivity index (χ3n) is 0. The molecule has 2 nitrogen and oxygen atoms in total. The molecule has 0 unspecified atom stereocenters. The van der Waals surface area contributed by atoms with Gasteiger partial charge in [-0.15, -0.1) is 0 Å². The summed E-state index contributed by atoms with van der Waals surface area (Å²) in [5.74, 6) is 0. The van der Waals surface area contributed by atoms with E-state index in [4.69, 9.17) is 23.7 Å². The second kappa shape index (κ2) is 20.1. The van der Waals surface area contributed by atoms with E-state index in [9.17, 15) is 0 Å². The molecule has 0 aliphatic rings. The van der Waals surface area contributed by atoms with E-state index in [1.54, 1.807) is 0 Å². The fraction of sp³-hybridized carbons (Fsp3) is 0. The fourth-order valence-corrected chi connectivity index (χ4v) is 0. The number of hydrogen-bond donors (Lipinski definition) is 0. The minimum Gasteiger partial charge on any atom is -0.512 e. The zero-order chi connectivity index (χ0) is 4.00. The fourth-order valence-electron chi connectivity index (χ4n) is 0. The van der Waals surface area contributed by atoms with Gasteiger partial charge in [-0.05, 0) is 0 Å². The van der Waals surface area contributed by atoms with E-state index in [1.165, 1.54) is 0 Å². The minimum atomic E-state index is 0. The van der Waals surface area contributed by atoms with Crippen LogP contribution in [-0.4, -0.2) is 10.1 Å². The molecule has 0 heterocycles. The number of rotatable bonds is 0. The van der Waals surface area contributed by atoms with Gasteiger partial charge in [-0.3, -0.25) is 0 Å². The molecule has 0 radical (unpaired) electrons. The second-order valence-corrected chi connectivity index (χ2v) is 0. The van der Waals surface area contributed by atoms with Crippen molar-refractivity contribution in [2.45, 2.75) is 0 Å². The Morgan fingerprint density at radius 1 is 0.800 bits per heavy atom. The normalized spacial score (nSPS) is 0.800. The molecule has 0 aliphatic heterocycles. The van der Waals surface area contributed by atoms with Crippen LogP contribution in [0.5, 0.6) is 0 Å². The van der Waals surface area contributed by atoms with Gasteiger partial charge in [0.2, 0.25) is 0 Å². The van der Waals surface area contributed by atoms with E-state index in [0.717, 1.165) is 0 Å². The average Bonchev–Trinajstić information content (AvgIpc) is 1.50. The molecule has 0 N–H and O–H groups in total. The Balaban J connectivity index is -0.0000000133. The maximum Gasteiger partial charge on any atom is 2.00 e. The smallest absolute Gasteiger partial charge is 0.512 e. The van der Waals surface area contributed by atoms with Crippen LogP contribution in [0.4, 0.5) is 0 Å². The Morgan fingerprint density at radius 3 is 0.800 bits per heavy atom. The summed E-state index contributed by atoms with van der Waals surface area (Å²) in [6.07, 6.45) is 0. The Morgan fingerprint density at radius 2 is 0.800 bits per heavy atom. The maximum atomic E-state index is 6.25. The first-order valence-electron chi connectivity index (χ1n) is 0.447. The molecule has 0 aliphatic carbocycles. The van der Waals surface area contributed by atoms with E-state index in [1.807, 2.05) is 0 Å². The molecule has 0 saturated carbocycles. The molecule has 0 rings (SSSR count). The summed E-state index contributed by atoms with van der Waals surface area (Å²) in [7, 11) is 0. The molecular weight excluding hydrogens is 61.0 g/mol. The molecule has 5 heavy (non-hydrogen) atoms. The summed E-state index contributed by atoms with van der Waals surface area (Å²) in [4.78, 5) is 0. The zero-order valence-corrected chi connectivity index (χ0v) is 2.60. The summed E-state index contributed by atoms with van der Waals surface area (Å²) in [6, 6.07) is 0. The van der Waals surface area contributed by atoms with Crippen molar-refractivity contribution in [3.8, 4) is 0 Å². The molecule has 0 amide bonds. The van der Waals surface area contributed by atoms with Crippen LogP contribution >= 0.6 is 0 Å². The van der Waals surface area contributed by atoms with Gasteiger partial charge in [-0.2, -0.15) is 0 Å². The van der Waals surface area contributed by atoms with Crippen LogP contribution in [0.25, 0.3) is 0 Å². The van der Waals surface area contributed by atoms with Crippen molar-refractivity contribution in [2.24, 2.45) is 0 Å². The van der Waals surface area contributed by atoms with E-state index in [0.29, 0.717) is 0 Å². The summed E-state index contributed by atoms with van der Waals surface area (Å²) >= 11 is 0. The Kier molecular flexibility index (Phi) is 125. The van der Waals surface area contributed by atoms with Crippen molar-refractivity contribution in [3.05, 3.63) is 13.1 Å². The quantitative estimate of drug-likeness (QED) is 0.288. The standard InChI is InChI=1S/2CN.Be/c2*1-2;/q2*-1;+2. The van der Waals surface area contributed by atoms with Gasteiger partial charge in [0.1, 0.15) is 0 Å². The molecule has 0 aromatic rings. The molecule has 0 aromatic heterocycles. The maximum absolute atomic E-state index is 6.25. The van der Waals surface area contributed by atoms with Gasteiger partial charge < -0.3 is 23.7 Å². The van der Waals surface area contributed by atoms with Crippen LogP contribution in [0.1, 0.15) is 0 Å².